The molecule has 0 radical (unpaired) electrons. The summed E-state index contributed by atoms with van der Waals surface area (Å²) in [7, 11) is 0. The van der Waals surface area contributed by atoms with Crippen LogP contribution in [0.2, 0.25) is 10.0 Å². The minimum absolute atomic E-state index is 0.0627. The zero-order chi connectivity index (χ0) is 20.5. The number of hydrogen-bond donors (Lipinski definition) is 1. The Morgan fingerprint density at radius 1 is 1.21 bits per heavy atom. The maximum absolute atomic E-state index is 13.1. The van der Waals surface area contributed by atoms with Crippen molar-refractivity contribution in [3.63, 3.8) is 0 Å². The fraction of sp³-hybridized carbons (Fsp3) is 0.222. The van der Waals surface area contributed by atoms with Gasteiger partial charge in [0, 0.05) is 10.9 Å². The van der Waals surface area contributed by atoms with Crippen LogP contribution in [-0.4, -0.2) is 23.0 Å². The number of carbonyl (C=O) groups is 1. The second kappa shape index (κ2) is 8.23. The van der Waals surface area contributed by atoms with Gasteiger partial charge in [-0.05, 0) is 36.4 Å². The van der Waals surface area contributed by atoms with Crippen molar-refractivity contribution in [2.45, 2.75) is 18.3 Å². The molecule has 0 spiro atoms. The molecule has 1 aliphatic heterocycles. The number of nitrogens with one attached hydrogen (secondary N) is 1. The molecule has 0 aromatic heterocycles. The molecule has 0 bridgehead atoms. The second-order valence-electron chi connectivity index (χ2n) is 5.99. The Morgan fingerprint density at radius 3 is 2.57 bits per heavy atom. The summed E-state index contributed by atoms with van der Waals surface area (Å²) in [6.45, 7) is 2.39. The van der Waals surface area contributed by atoms with E-state index in [0.29, 0.717) is 22.4 Å². The highest BCUT2D eigenvalue weighted by molar-refractivity contribution is 8.15. The number of halogens is 5. The van der Waals surface area contributed by atoms with E-state index in [2.05, 4.69) is 10.3 Å². The van der Waals surface area contributed by atoms with E-state index in [1.54, 1.807) is 6.07 Å². The first kappa shape index (κ1) is 20.8. The number of urea groups is 1. The minimum atomic E-state index is -4.53. The Labute approximate surface area is 173 Å². The molecule has 0 saturated heterocycles. The molecule has 1 heterocycles. The molecule has 148 valence electrons. The van der Waals surface area contributed by atoms with Gasteiger partial charge in [0.2, 0.25) is 0 Å². The average molecular weight is 448 g/mol. The van der Waals surface area contributed by atoms with Crippen molar-refractivity contribution < 1.29 is 18.0 Å². The van der Waals surface area contributed by atoms with E-state index in [-0.39, 0.29) is 16.0 Å². The molecule has 4 nitrogen and oxygen atoms in total. The average Bonchev–Trinajstić information content (AvgIpc) is 3.04. The summed E-state index contributed by atoms with van der Waals surface area (Å²) >= 11 is 13.1. The van der Waals surface area contributed by atoms with Crippen molar-refractivity contribution in [2.24, 2.45) is 4.99 Å². The number of hydrogen-bond acceptors (Lipinski definition) is 3. The first-order valence-electron chi connectivity index (χ1n) is 8.09. The zero-order valence-electron chi connectivity index (χ0n) is 14.4. The lowest BCUT2D eigenvalue weighted by Crippen LogP contribution is -2.38. The molecule has 1 N–H and O–H groups in total. The van der Waals surface area contributed by atoms with Gasteiger partial charge in [0.05, 0.1) is 27.8 Å². The van der Waals surface area contributed by atoms with E-state index in [4.69, 9.17) is 23.2 Å². The van der Waals surface area contributed by atoms with Gasteiger partial charge in [0.15, 0.2) is 5.17 Å². The Bertz CT molecular complexity index is 937. The van der Waals surface area contributed by atoms with E-state index in [1.165, 1.54) is 36.0 Å². The van der Waals surface area contributed by atoms with Crippen LogP contribution in [0.3, 0.4) is 0 Å². The number of nitrogens with zero attached hydrogens (tertiary/aromatic N) is 2. The van der Waals surface area contributed by atoms with E-state index in [0.717, 1.165) is 17.0 Å². The molecule has 28 heavy (non-hydrogen) atoms. The lowest BCUT2D eigenvalue weighted by atomic mass is 10.2. The molecule has 0 saturated carbocycles. The quantitative estimate of drug-likeness (QED) is 0.567. The predicted molar refractivity (Wildman–Crippen MR) is 109 cm³/mol. The van der Waals surface area contributed by atoms with E-state index in [1.807, 2.05) is 6.92 Å². The summed E-state index contributed by atoms with van der Waals surface area (Å²) < 4.78 is 39.4. The Balaban J connectivity index is 1.95. The van der Waals surface area contributed by atoms with Crippen molar-refractivity contribution in [1.82, 2.24) is 0 Å². The monoisotopic (exact) mass is 447 g/mol. The third-order valence-corrected chi connectivity index (χ3v) is 5.60. The first-order chi connectivity index (χ1) is 13.1. The Kier molecular flexibility index (Phi) is 6.12. The van der Waals surface area contributed by atoms with Crippen molar-refractivity contribution in [3.05, 3.63) is 58.1 Å². The lowest BCUT2D eigenvalue weighted by Gasteiger charge is -2.23. The summed E-state index contributed by atoms with van der Waals surface area (Å²) in [6.07, 6.45) is -4.53. The topological polar surface area (TPSA) is 44.7 Å². The highest BCUT2D eigenvalue weighted by Gasteiger charge is 2.33. The van der Waals surface area contributed by atoms with Crippen molar-refractivity contribution in [2.75, 3.05) is 16.8 Å². The fourth-order valence-electron chi connectivity index (χ4n) is 2.47. The van der Waals surface area contributed by atoms with Crippen molar-refractivity contribution >= 4 is 57.5 Å². The standard InChI is InChI=1S/C18H14Cl2F3N3OS/c1-10-9-24-17(28-10)26(13-4-2-3-11(7-13)18(21,22)23)16(27)25-12-5-6-14(19)15(20)8-12/h2-8,10H,9H2,1H3,(H,25,27)/t10-/m1/s1. The van der Waals surface area contributed by atoms with Crippen molar-refractivity contribution in [1.29, 1.82) is 0 Å². The highest BCUT2D eigenvalue weighted by atomic mass is 35.5. The molecule has 0 unspecified atom stereocenters. The van der Waals surface area contributed by atoms with Crippen molar-refractivity contribution in [3.8, 4) is 0 Å². The van der Waals surface area contributed by atoms with Crippen LogP contribution in [0.1, 0.15) is 12.5 Å². The van der Waals surface area contributed by atoms with Crippen LogP contribution in [0.25, 0.3) is 0 Å². The molecule has 1 aliphatic rings. The Hall–Kier alpha value is -1.90. The molecule has 0 aliphatic carbocycles. The number of anilines is 2. The molecule has 2 amide bonds. The van der Waals surface area contributed by atoms with Gasteiger partial charge < -0.3 is 5.32 Å². The largest absolute Gasteiger partial charge is 0.416 e. The van der Waals surface area contributed by atoms with Crippen LogP contribution in [0.15, 0.2) is 47.5 Å². The lowest BCUT2D eigenvalue weighted by molar-refractivity contribution is -0.137. The van der Waals surface area contributed by atoms with Crippen LogP contribution in [0.4, 0.5) is 29.3 Å². The number of thioether (sulfide) groups is 1. The van der Waals surface area contributed by atoms with Crippen LogP contribution >= 0.6 is 35.0 Å². The van der Waals surface area contributed by atoms with Crippen LogP contribution < -0.4 is 10.2 Å². The normalized spacial score (nSPS) is 16.6. The van der Waals surface area contributed by atoms with E-state index < -0.39 is 17.8 Å². The van der Waals surface area contributed by atoms with Crippen LogP contribution in [-0.2, 0) is 6.18 Å². The summed E-state index contributed by atoms with van der Waals surface area (Å²) in [5, 5.41) is 3.62. The fourth-order valence-corrected chi connectivity index (χ4v) is 3.72. The van der Waals surface area contributed by atoms with E-state index >= 15 is 0 Å². The number of rotatable bonds is 2. The van der Waals surface area contributed by atoms with Gasteiger partial charge in [-0.2, -0.15) is 13.2 Å². The zero-order valence-corrected chi connectivity index (χ0v) is 16.8. The third-order valence-electron chi connectivity index (χ3n) is 3.79. The number of alkyl halides is 3. The molecule has 0 fully saturated rings. The minimum Gasteiger partial charge on any atom is -0.307 e. The van der Waals surface area contributed by atoms with Gasteiger partial charge in [0.25, 0.3) is 0 Å². The SMILES string of the molecule is C[C@@H]1CN=C(N(C(=O)Nc2ccc(Cl)c(Cl)c2)c2cccc(C(F)(F)F)c2)S1. The number of carbonyl (C=O) groups excluding carboxylic acids is 1. The number of aliphatic imine (C=N–C) groups is 1. The molecule has 3 rings (SSSR count). The highest BCUT2D eigenvalue weighted by Crippen LogP contribution is 2.34. The second-order valence-corrected chi connectivity index (χ2v) is 8.21. The van der Waals surface area contributed by atoms with Gasteiger partial charge >= 0.3 is 12.2 Å². The van der Waals surface area contributed by atoms with E-state index in [9.17, 15) is 18.0 Å². The number of amidine groups is 1. The van der Waals surface area contributed by atoms with Crippen LogP contribution in [0, 0.1) is 0 Å². The van der Waals surface area contributed by atoms with Gasteiger partial charge in [-0.1, -0.05) is 48.0 Å². The summed E-state index contributed by atoms with van der Waals surface area (Å²) in [5.74, 6) is 0. The van der Waals surface area contributed by atoms with Crippen LogP contribution in [0.5, 0.6) is 0 Å². The smallest absolute Gasteiger partial charge is 0.307 e. The molecule has 1 atom stereocenters. The Morgan fingerprint density at radius 2 is 1.96 bits per heavy atom. The predicted octanol–water partition coefficient (Wildman–Crippen LogP) is 6.54. The molecular weight excluding hydrogens is 434 g/mol. The third kappa shape index (κ3) is 4.74. The summed E-state index contributed by atoms with van der Waals surface area (Å²) in [6, 6.07) is 8.40. The van der Waals surface area contributed by atoms with Gasteiger partial charge in [-0.15, -0.1) is 0 Å². The van der Waals surface area contributed by atoms with Gasteiger partial charge in [0.1, 0.15) is 0 Å². The summed E-state index contributed by atoms with van der Waals surface area (Å²) in [4.78, 5) is 18.4. The maximum atomic E-state index is 13.1. The molecule has 2 aromatic carbocycles. The number of benzene rings is 2. The molecule has 10 heteroatoms. The summed E-state index contributed by atoms with van der Waals surface area (Å²) in [5.41, 5.74) is -0.435. The first-order valence-corrected chi connectivity index (χ1v) is 9.73. The number of amides is 2. The molecule has 2 aromatic rings. The van der Waals surface area contributed by atoms with Gasteiger partial charge in [-0.25, -0.2) is 9.69 Å². The van der Waals surface area contributed by atoms with Gasteiger partial charge in [-0.3, -0.25) is 4.99 Å². The molecular formula is C18H14Cl2F3N3OS. The maximum Gasteiger partial charge on any atom is 0.416 e.